The van der Waals surface area contributed by atoms with E-state index in [0.717, 1.165) is 19.3 Å². The minimum absolute atomic E-state index is 0.0182. The van der Waals surface area contributed by atoms with Crippen LogP contribution >= 0.6 is 0 Å². The van der Waals surface area contributed by atoms with E-state index in [0.29, 0.717) is 29.4 Å². The molecule has 0 fully saturated rings. The van der Waals surface area contributed by atoms with Crippen LogP contribution in [0.25, 0.3) is 0 Å². The van der Waals surface area contributed by atoms with Gasteiger partial charge in [0.15, 0.2) is 11.5 Å². The second kappa shape index (κ2) is 7.90. The van der Waals surface area contributed by atoms with Crippen LogP contribution in [0.1, 0.15) is 36.5 Å². The third kappa shape index (κ3) is 3.60. The van der Waals surface area contributed by atoms with Crippen molar-refractivity contribution in [2.75, 3.05) is 27.9 Å². The van der Waals surface area contributed by atoms with Gasteiger partial charge in [-0.2, -0.15) is 0 Å². The van der Waals surface area contributed by atoms with Crippen molar-refractivity contribution in [2.45, 2.75) is 32.2 Å². The maximum Gasteiger partial charge on any atom is 0.254 e. The fourth-order valence-electron chi connectivity index (χ4n) is 2.84. The van der Waals surface area contributed by atoms with E-state index in [1.807, 2.05) is 4.90 Å². The van der Waals surface area contributed by atoms with Crippen molar-refractivity contribution in [1.82, 2.24) is 4.90 Å². The number of benzene rings is 1. The molecule has 1 heterocycles. The summed E-state index contributed by atoms with van der Waals surface area (Å²) in [6, 6.07) is 3.58. The molecule has 0 spiro atoms. The lowest BCUT2D eigenvalue weighted by molar-refractivity contribution is 0.0742. The Labute approximate surface area is 137 Å². The summed E-state index contributed by atoms with van der Waals surface area (Å²) in [5.74, 6) is 1.46. The van der Waals surface area contributed by atoms with E-state index in [4.69, 9.17) is 14.2 Å². The van der Waals surface area contributed by atoms with Crippen molar-refractivity contribution in [3.8, 4) is 17.2 Å². The molecule has 0 N–H and O–H groups in total. The predicted molar refractivity (Wildman–Crippen MR) is 89.6 cm³/mol. The molecule has 5 heteroatoms. The first-order chi connectivity index (χ1) is 11.2. The summed E-state index contributed by atoms with van der Waals surface area (Å²) < 4.78 is 16.0. The fraction of sp³-hybridized carbons (Fsp3) is 0.500. The van der Waals surface area contributed by atoms with Gasteiger partial charge in [-0.25, -0.2) is 0 Å². The van der Waals surface area contributed by atoms with E-state index in [9.17, 15) is 4.79 Å². The fourth-order valence-corrected chi connectivity index (χ4v) is 2.84. The van der Waals surface area contributed by atoms with Crippen LogP contribution in [0.3, 0.4) is 0 Å². The first-order valence-corrected chi connectivity index (χ1v) is 7.93. The van der Waals surface area contributed by atoms with Gasteiger partial charge in [0.05, 0.1) is 27.4 Å². The van der Waals surface area contributed by atoms with E-state index in [2.05, 4.69) is 19.1 Å². The van der Waals surface area contributed by atoms with Gasteiger partial charge < -0.3 is 19.1 Å². The molecule has 23 heavy (non-hydrogen) atoms. The second-order valence-electron chi connectivity index (χ2n) is 5.51. The lowest BCUT2D eigenvalue weighted by Crippen LogP contribution is -2.36. The Bertz CT molecular complexity index is 557. The highest BCUT2D eigenvalue weighted by Gasteiger charge is 2.27. The van der Waals surface area contributed by atoms with Crippen LogP contribution in [-0.2, 0) is 0 Å². The standard InChI is InChI=1S/C18H25NO4/c1-5-6-8-14-9-7-10-19(14)18(20)13-11-15(21-2)17(23-4)16(12-13)22-3/h7,9,11-12,14H,5-6,8,10H2,1-4H3. The topological polar surface area (TPSA) is 48.0 Å². The number of rotatable bonds is 7. The number of methoxy groups -OCH3 is 3. The van der Waals surface area contributed by atoms with Crippen molar-refractivity contribution in [1.29, 1.82) is 0 Å². The Morgan fingerprint density at radius 2 is 1.83 bits per heavy atom. The summed E-state index contributed by atoms with van der Waals surface area (Å²) in [7, 11) is 4.65. The molecule has 0 radical (unpaired) electrons. The summed E-state index contributed by atoms with van der Waals surface area (Å²) in [4.78, 5) is 14.8. The SMILES string of the molecule is CCCCC1C=CCN1C(=O)c1cc(OC)c(OC)c(OC)c1. The van der Waals surface area contributed by atoms with Crippen LogP contribution in [0.4, 0.5) is 0 Å². The number of carbonyl (C=O) groups excluding carboxylic acids is 1. The molecule has 0 saturated carbocycles. The van der Waals surface area contributed by atoms with Crippen LogP contribution in [0.5, 0.6) is 17.2 Å². The monoisotopic (exact) mass is 319 g/mol. The van der Waals surface area contributed by atoms with Gasteiger partial charge in [-0.1, -0.05) is 31.9 Å². The van der Waals surface area contributed by atoms with E-state index >= 15 is 0 Å². The van der Waals surface area contributed by atoms with Crippen molar-refractivity contribution in [3.63, 3.8) is 0 Å². The Hall–Kier alpha value is -2.17. The summed E-state index contributed by atoms with van der Waals surface area (Å²) >= 11 is 0. The van der Waals surface area contributed by atoms with Crippen LogP contribution in [-0.4, -0.2) is 44.7 Å². The summed E-state index contributed by atoms with van der Waals surface area (Å²) in [6.07, 6.45) is 7.38. The molecule has 1 atom stereocenters. The van der Waals surface area contributed by atoms with Gasteiger partial charge in [0.2, 0.25) is 5.75 Å². The molecule has 1 amide bonds. The third-order valence-electron chi connectivity index (χ3n) is 4.09. The molecular weight excluding hydrogens is 294 g/mol. The summed E-state index contributed by atoms with van der Waals surface area (Å²) in [5.41, 5.74) is 0.546. The van der Waals surface area contributed by atoms with Gasteiger partial charge in [0, 0.05) is 12.1 Å². The summed E-state index contributed by atoms with van der Waals surface area (Å²) in [6.45, 7) is 2.80. The van der Waals surface area contributed by atoms with Crippen LogP contribution in [0.2, 0.25) is 0 Å². The minimum Gasteiger partial charge on any atom is -0.493 e. The largest absolute Gasteiger partial charge is 0.493 e. The van der Waals surface area contributed by atoms with E-state index in [1.54, 1.807) is 33.5 Å². The number of carbonyl (C=O) groups is 1. The number of unbranched alkanes of at least 4 members (excludes halogenated alkanes) is 1. The number of hydrogen-bond acceptors (Lipinski definition) is 4. The smallest absolute Gasteiger partial charge is 0.254 e. The quantitative estimate of drug-likeness (QED) is 0.724. The Morgan fingerprint density at radius 3 is 2.35 bits per heavy atom. The molecule has 1 aromatic carbocycles. The maximum absolute atomic E-state index is 12.9. The van der Waals surface area contributed by atoms with E-state index < -0.39 is 0 Å². The summed E-state index contributed by atoms with van der Waals surface area (Å²) in [5, 5.41) is 0. The lowest BCUT2D eigenvalue weighted by atomic mass is 10.1. The molecule has 0 saturated heterocycles. The second-order valence-corrected chi connectivity index (χ2v) is 5.51. The van der Waals surface area contributed by atoms with Gasteiger partial charge >= 0.3 is 0 Å². The highest BCUT2D eigenvalue weighted by Crippen LogP contribution is 2.38. The normalized spacial score (nSPS) is 16.5. The van der Waals surface area contributed by atoms with Gasteiger partial charge in [0.1, 0.15) is 0 Å². The molecule has 0 aliphatic carbocycles. The zero-order valence-corrected chi connectivity index (χ0v) is 14.3. The first kappa shape index (κ1) is 17.2. The van der Waals surface area contributed by atoms with Crippen molar-refractivity contribution in [3.05, 3.63) is 29.8 Å². The third-order valence-corrected chi connectivity index (χ3v) is 4.09. The van der Waals surface area contributed by atoms with Gasteiger partial charge in [-0.3, -0.25) is 4.79 Å². The number of amides is 1. The van der Waals surface area contributed by atoms with E-state index in [-0.39, 0.29) is 11.9 Å². The van der Waals surface area contributed by atoms with Crippen LogP contribution in [0, 0.1) is 0 Å². The number of hydrogen-bond donors (Lipinski definition) is 0. The number of ether oxygens (including phenoxy) is 3. The molecule has 1 aromatic rings. The molecule has 5 nitrogen and oxygen atoms in total. The van der Waals surface area contributed by atoms with Gasteiger partial charge in [-0.05, 0) is 18.6 Å². The molecule has 1 aliphatic heterocycles. The highest BCUT2D eigenvalue weighted by atomic mass is 16.5. The zero-order chi connectivity index (χ0) is 16.8. The Morgan fingerprint density at radius 1 is 1.17 bits per heavy atom. The van der Waals surface area contributed by atoms with Gasteiger partial charge in [0.25, 0.3) is 5.91 Å². The van der Waals surface area contributed by atoms with Crippen molar-refractivity contribution < 1.29 is 19.0 Å². The Kier molecular flexibility index (Phi) is 5.90. The van der Waals surface area contributed by atoms with Gasteiger partial charge in [-0.15, -0.1) is 0 Å². The molecular formula is C18H25NO4. The lowest BCUT2D eigenvalue weighted by Gasteiger charge is -2.25. The average Bonchev–Trinajstić information content (AvgIpc) is 3.06. The van der Waals surface area contributed by atoms with Crippen LogP contribution < -0.4 is 14.2 Å². The zero-order valence-electron chi connectivity index (χ0n) is 14.3. The average molecular weight is 319 g/mol. The maximum atomic E-state index is 12.9. The molecule has 126 valence electrons. The highest BCUT2D eigenvalue weighted by molar-refractivity contribution is 5.96. The first-order valence-electron chi connectivity index (χ1n) is 7.93. The van der Waals surface area contributed by atoms with E-state index in [1.165, 1.54) is 0 Å². The Balaban J connectivity index is 2.28. The molecule has 2 rings (SSSR count). The van der Waals surface area contributed by atoms with Crippen molar-refractivity contribution >= 4 is 5.91 Å². The molecule has 0 bridgehead atoms. The minimum atomic E-state index is -0.0182. The van der Waals surface area contributed by atoms with Crippen molar-refractivity contribution in [2.24, 2.45) is 0 Å². The van der Waals surface area contributed by atoms with Crippen LogP contribution in [0.15, 0.2) is 24.3 Å². The molecule has 0 aromatic heterocycles. The predicted octanol–water partition coefficient (Wildman–Crippen LogP) is 3.28. The molecule has 1 unspecified atom stereocenters. The number of nitrogens with zero attached hydrogens (tertiary/aromatic N) is 1. The molecule has 1 aliphatic rings.